The van der Waals surface area contributed by atoms with Crippen molar-refractivity contribution in [3.05, 3.63) is 60.4 Å². The Morgan fingerprint density at radius 2 is 1.89 bits per heavy atom. The number of rotatable bonds is 4. The van der Waals surface area contributed by atoms with Gasteiger partial charge in [-0.3, -0.25) is 4.98 Å². The van der Waals surface area contributed by atoms with Crippen LogP contribution >= 0.6 is 0 Å². The third kappa shape index (κ3) is 4.10. The van der Waals surface area contributed by atoms with Crippen LogP contribution in [0.3, 0.4) is 0 Å². The van der Waals surface area contributed by atoms with Gasteiger partial charge in [-0.2, -0.15) is 0 Å². The number of anilines is 1. The summed E-state index contributed by atoms with van der Waals surface area (Å²) in [6.07, 6.45) is 2.51. The molecular weight excluding hydrogens is 238 g/mol. The Morgan fingerprint density at radius 3 is 2.58 bits per heavy atom. The van der Waals surface area contributed by atoms with Crippen molar-refractivity contribution in [1.82, 2.24) is 9.88 Å². The molecule has 4 heteroatoms. The highest BCUT2D eigenvalue weighted by molar-refractivity contribution is 5.89. The van der Waals surface area contributed by atoms with E-state index in [9.17, 15) is 4.79 Å². The van der Waals surface area contributed by atoms with Crippen LogP contribution in [0.5, 0.6) is 0 Å². The van der Waals surface area contributed by atoms with E-state index in [1.165, 1.54) is 0 Å². The number of carbonyl (C=O) groups excluding carboxylic acids is 1. The second kappa shape index (κ2) is 6.54. The normalized spacial score (nSPS) is 9.95. The van der Waals surface area contributed by atoms with Crippen LogP contribution in [0.2, 0.25) is 0 Å². The number of hydrogen-bond acceptors (Lipinski definition) is 2. The highest BCUT2D eigenvalue weighted by atomic mass is 16.2. The van der Waals surface area contributed by atoms with Crippen LogP contribution in [0.15, 0.2) is 54.7 Å². The molecular formula is C15H17N3O. The van der Waals surface area contributed by atoms with Gasteiger partial charge in [-0.25, -0.2) is 4.79 Å². The smallest absolute Gasteiger partial charge is 0.321 e. The lowest BCUT2D eigenvalue weighted by atomic mass is 10.2. The minimum atomic E-state index is -0.109. The summed E-state index contributed by atoms with van der Waals surface area (Å²) in [7, 11) is 1.78. The molecule has 0 radical (unpaired) electrons. The number of pyridine rings is 1. The summed E-state index contributed by atoms with van der Waals surface area (Å²) in [6, 6.07) is 15.1. The summed E-state index contributed by atoms with van der Waals surface area (Å²) in [5, 5.41) is 2.84. The lowest BCUT2D eigenvalue weighted by Crippen LogP contribution is -2.33. The van der Waals surface area contributed by atoms with E-state index in [0.29, 0.717) is 6.54 Å². The topological polar surface area (TPSA) is 45.2 Å². The molecule has 0 fully saturated rings. The quantitative estimate of drug-likeness (QED) is 0.913. The van der Waals surface area contributed by atoms with E-state index in [4.69, 9.17) is 0 Å². The van der Waals surface area contributed by atoms with E-state index in [0.717, 1.165) is 17.8 Å². The Kier molecular flexibility index (Phi) is 4.50. The number of aromatic nitrogens is 1. The standard InChI is InChI=1S/C15H17N3O/c1-18(12-10-13-7-5-6-11-16-13)15(19)17-14-8-3-2-4-9-14/h2-9,11H,10,12H2,1H3,(H,17,19). The number of benzene rings is 1. The number of amides is 2. The van der Waals surface area contributed by atoms with Crippen LogP contribution in [0, 0.1) is 0 Å². The number of nitrogens with zero attached hydrogens (tertiary/aromatic N) is 2. The summed E-state index contributed by atoms with van der Waals surface area (Å²) in [6.45, 7) is 0.635. The number of urea groups is 1. The summed E-state index contributed by atoms with van der Waals surface area (Å²) >= 11 is 0. The van der Waals surface area contributed by atoms with E-state index >= 15 is 0 Å². The third-order valence-electron chi connectivity index (χ3n) is 2.80. The SMILES string of the molecule is CN(CCc1ccccn1)C(=O)Nc1ccccc1. The van der Waals surface area contributed by atoms with Crippen molar-refractivity contribution in [3.63, 3.8) is 0 Å². The minimum Gasteiger partial charge on any atom is -0.327 e. The zero-order chi connectivity index (χ0) is 13.5. The molecule has 0 unspecified atom stereocenters. The molecule has 0 aliphatic carbocycles. The van der Waals surface area contributed by atoms with Crippen LogP contribution in [0.25, 0.3) is 0 Å². The fraction of sp³-hybridized carbons (Fsp3) is 0.200. The Labute approximate surface area is 113 Å². The number of carbonyl (C=O) groups is 1. The first-order valence-corrected chi connectivity index (χ1v) is 6.23. The van der Waals surface area contributed by atoms with Crippen LogP contribution in [-0.4, -0.2) is 29.5 Å². The van der Waals surface area contributed by atoms with E-state index in [2.05, 4.69) is 10.3 Å². The first-order valence-electron chi connectivity index (χ1n) is 6.23. The first kappa shape index (κ1) is 13.1. The lowest BCUT2D eigenvalue weighted by Gasteiger charge is -2.17. The molecule has 0 saturated carbocycles. The zero-order valence-corrected chi connectivity index (χ0v) is 10.9. The first-order chi connectivity index (χ1) is 9.25. The van der Waals surface area contributed by atoms with Gasteiger partial charge in [0.15, 0.2) is 0 Å². The molecule has 0 saturated heterocycles. The van der Waals surface area contributed by atoms with Gasteiger partial charge >= 0.3 is 6.03 Å². The van der Waals surface area contributed by atoms with Gasteiger partial charge in [0.05, 0.1) is 0 Å². The summed E-state index contributed by atoms with van der Waals surface area (Å²) in [5.74, 6) is 0. The van der Waals surface area contributed by atoms with Crippen LogP contribution in [0.1, 0.15) is 5.69 Å². The molecule has 1 heterocycles. The van der Waals surface area contributed by atoms with Crippen molar-refractivity contribution >= 4 is 11.7 Å². The molecule has 0 spiro atoms. The number of hydrogen-bond donors (Lipinski definition) is 1. The number of likely N-dealkylation sites (N-methyl/N-ethyl adjacent to an activating group) is 1. The summed E-state index contributed by atoms with van der Waals surface area (Å²) in [4.78, 5) is 17.8. The molecule has 0 aliphatic heterocycles. The van der Waals surface area contributed by atoms with Crippen molar-refractivity contribution in [2.24, 2.45) is 0 Å². The molecule has 1 aromatic carbocycles. The van der Waals surface area contributed by atoms with E-state index in [1.54, 1.807) is 18.1 Å². The average molecular weight is 255 g/mol. The van der Waals surface area contributed by atoms with Gasteiger partial charge in [-0.05, 0) is 24.3 Å². The molecule has 0 bridgehead atoms. The maximum absolute atomic E-state index is 11.9. The molecule has 4 nitrogen and oxygen atoms in total. The van der Waals surface area contributed by atoms with Gasteiger partial charge < -0.3 is 10.2 Å². The summed E-state index contributed by atoms with van der Waals surface area (Å²) < 4.78 is 0. The maximum Gasteiger partial charge on any atom is 0.321 e. The second-order valence-electron chi connectivity index (χ2n) is 4.29. The van der Waals surface area contributed by atoms with Gasteiger partial charge in [-0.1, -0.05) is 24.3 Å². The van der Waals surface area contributed by atoms with E-state index in [1.807, 2.05) is 48.5 Å². The fourth-order valence-corrected chi connectivity index (χ4v) is 1.67. The second-order valence-corrected chi connectivity index (χ2v) is 4.29. The van der Waals surface area contributed by atoms with Crippen LogP contribution < -0.4 is 5.32 Å². The lowest BCUT2D eigenvalue weighted by molar-refractivity contribution is 0.223. The molecule has 0 aliphatic rings. The van der Waals surface area contributed by atoms with Crippen molar-refractivity contribution in [1.29, 1.82) is 0 Å². The van der Waals surface area contributed by atoms with E-state index < -0.39 is 0 Å². The minimum absolute atomic E-state index is 0.109. The highest BCUT2D eigenvalue weighted by Gasteiger charge is 2.08. The number of para-hydroxylation sites is 1. The van der Waals surface area contributed by atoms with Crippen molar-refractivity contribution in [2.75, 3.05) is 18.9 Å². The Balaban J connectivity index is 1.83. The molecule has 0 atom stereocenters. The average Bonchev–Trinajstić information content (AvgIpc) is 2.47. The molecule has 1 aromatic heterocycles. The third-order valence-corrected chi connectivity index (χ3v) is 2.80. The van der Waals surface area contributed by atoms with E-state index in [-0.39, 0.29) is 6.03 Å². The van der Waals surface area contributed by atoms with Crippen molar-refractivity contribution in [2.45, 2.75) is 6.42 Å². The summed E-state index contributed by atoms with van der Waals surface area (Å²) in [5.41, 5.74) is 1.79. The van der Waals surface area contributed by atoms with Crippen molar-refractivity contribution in [3.8, 4) is 0 Å². The number of nitrogens with one attached hydrogen (secondary N) is 1. The van der Waals surface area contributed by atoms with Gasteiger partial charge in [-0.15, -0.1) is 0 Å². The maximum atomic E-state index is 11.9. The van der Waals surface area contributed by atoms with Crippen LogP contribution in [0.4, 0.5) is 10.5 Å². The molecule has 2 amide bonds. The van der Waals surface area contributed by atoms with Crippen LogP contribution in [-0.2, 0) is 6.42 Å². The largest absolute Gasteiger partial charge is 0.327 e. The Morgan fingerprint density at radius 1 is 1.16 bits per heavy atom. The Bertz CT molecular complexity index is 513. The van der Waals surface area contributed by atoms with Gasteiger partial charge in [0.25, 0.3) is 0 Å². The Hall–Kier alpha value is -2.36. The molecule has 19 heavy (non-hydrogen) atoms. The molecule has 98 valence electrons. The monoisotopic (exact) mass is 255 g/mol. The van der Waals surface area contributed by atoms with Gasteiger partial charge in [0.1, 0.15) is 0 Å². The van der Waals surface area contributed by atoms with Crippen molar-refractivity contribution < 1.29 is 4.79 Å². The molecule has 2 aromatic rings. The zero-order valence-electron chi connectivity index (χ0n) is 10.9. The predicted octanol–water partition coefficient (Wildman–Crippen LogP) is 2.79. The van der Waals surface area contributed by atoms with Gasteiger partial charge in [0, 0.05) is 37.6 Å². The highest BCUT2D eigenvalue weighted by Crippen LogP contribution is 2.06. The molecule has 1 N–H and O–H groups in total. The molecule has 2 rings (SSSR count). The van der Waals surface area contributed by atoms with Gasteiger partial charge in [0.2, 0.25) is 0 Å². The fourth-order valence-electron chi connectivity index (χ4n) is 1.67. The predicted molar refractivity (Wildman–Crippen MR) is 76.0 cm³/mol.